The third kappa shape index (κ3) is 5.95. The molecular weight excluding hydrogens is 222 g/mol. The molecule has 0 heterocycles. The highest BCUT2D eigenvalue weighted by molar-refractivity contribution is 5.85. The first-order valence-corrected chi connectivity index (χ1v) is 5.40. The molecule has 0 aromatic heterocycles. The predicted octanol–water partition coefficient (Wildman–Crippen LogP) is 1.93. The summed E-state index contributed by atoms with van der Waals surface area (Å²) in [6.07, 6.45) is 1.15. The molecule has 0 spiro atoms. The Hall–Kier alpha value is -0.770. The van der Waals surface area contributed by atoms with E-state index in [2.05, 4.69) is 36.4 Å². The van der Waals surface area contributed by atoms with Gasteiger partial charge in [0, 0.05) is 18.8 Å². The lowest BCUT2D eigenvalue weighted by molar-refractivity contribution is 0.405. The fourth-order valence-corrected chi connectivity index (χ4v) is 1.44. The molecule has 1 aromatic carbocycles. The molecule has 0 atom stereocenters. The second-order valence-corrected chi connectivity index (χ2v) is 3.99. The lowest BCUT2D eigenvalue weighted by Gasteiger charge is -2.11. The Morgan fingerprint density at radius 2 is 2.06 bits per heavy atom. The van der Waals surface area contributed by atoms with Crippen LogP contribution in [0, 0.1) is 0 Å². The van der Waals surface area contributed by atoms with Gasteiger partial charge in [-0.3, -0.25) is 0 Å². The largest absolute Gasteiger partial charge is 0.385 e. The highest BCUT2D eigenvalue weighted by Crippen LogP contribution is 2.09. The van der Waals surface area contributed by atoms with Gasteiger partial charge in [-0.1, -0.05) is 12.1 Å². The maximum absolute atomic E-state index is 5.58. The molecule has 16 heavy (non-hydrogen) atoms. The number of halogens is 1. The van der Waals surface area contributed by atoms with Gasteiger partial charge in [0.25, 0.3) is 0 Å². The number of benzene rings is 1. The highest BCUT2D eigenvalue weighted by Gasteiger charge is 1.94. The minimum absolute atomic E-state index is 0. The van der Waals surface area contributed by atoms with E-state index in [9.17, 15) is 0 Å². The van der Waals surface area contributed by atoms with Crippen LogP contribution in [-0.4, -0.2) is 32.1 Å². The van der Waals surface area contributed by atoms with Gasteiger partial charge in [-0.15, -0.1) is 12.4 Å². The van der Waals surface area contributed by atoms with E-state index in [1.165, 1.54) is 5.56 Å². The zero-order chi connectivity index (χ0) is 11.1. The van der Waals surface area contributed by atoms with Crippen LogP contribution in [0.2, 0.25) is 0 Å². The average Bonchev–Trinajstić information content (AvgIpc) is 2.24. The number of nitrogens with zero attached hydrogens (tertiary/aromatic N) is 1. The summed E-state index contributed by atoms with van der Waals surface area (Å²) in [5.74, 6) is 0. The molecule has 1 rings (SSSR count). The van der Waals surface area contributed by atoms with Crippen molar-refractivity contribution in [2.45, 2.75) is 13.0 Å². The zero-order valence-electron chi connectivity index (χ0n) is 10.1. The van der Waals surface area contributed by atoms with E-state index in [0.717, 1.165) is 25.2 Å². The summed E-state index contributed by atoms with van der Waals surface area (Å²) in [7, 11) is 4.18. The van der Waals surface area contributed by atoms with Crippen molar-refractivity contribution in [3.8, 4) is 0 Å². The van der Waals surface area contributed by atoms with E-state index in [4.69, 9.17) is 5.73 Å². The molecule has 0 unspecified atom stereocenters. The summed E-state index contributed by atoms with van der Waals surface area (Å²) in [6, 6.07) is 8.27. The standard InChI is InChI=1S/C12H21N3.ClH/c1-15(2)8-4-7-14-12-6-3-5-11(9-12)10-13;/h3,5-6,9,14H,4,7-8,10,13H2,1-2H3;1H. The Balaban J connectivity index is 0.00000225. The lowest BCUT2D eigenvalue weighted by atomic mass is 10.2. The second-order valence-electron chi connectivity index (χ2n) is 3.99. The molecule has 92 valence electrons. The Bertz CT molecular complexity index is 289. The summed E-state index contributed by atoms with van der Waals surface area (Å²) in [6.45, 7) is 2.73. The Labute approximate surface area is 104 Å². The molecule has 0 aliphatic rings. The molecule has 1 aromatic rings. The topological polar surface area (TPSA) is 41.3 Å². The summed E-state index contributed by atoms with van der Waals surface area (Å²) in [5.41, 5.74) is 7.92. The third-order valence-electron chi connectivity index (χ3n) is 2.27. The number of nitrogens with one attached hydrogen (secondary N) is 1. The van der Waals surface area contributed by atoms with E-state index in [0.29, 0.717) is 6.54 Å². The highest BCUT2D eigenvalue weighted by atomic mass is 35.5. The Kier molecular flexibility index (Phi) is 7.99. The monoisotopic (exact) mass is 243 g/mol. The van der Waals surface area contributed by atoms with Crippen LogP contribution < -0.4 is 11.1 Å². The van der Waals surface area contributed by atoms with E-state index in [1.807, 2.05) is 12.1 Å². The van der Waals surface area contributed by atoms with Gasteiger partial charge in [0.2, 0.25) is 0 Å². The van der Waals surface area contributed by atoms with E-state index < -0.39 is 0 Å². The first-order valence-electron chi connectivity index (χ1n) is 5.40. The lowest BCUT2D eigenvalue weighted by Crippen LogP contribution is -2.16. The fraction of sp³-hybridized carbons (Fsp3) is 0.500. The number of hydrogen-bond acceptors (Lipinski definition) is 3. The van der Waals surface area contributed by atoms with Gasteiger partial charge in [-0.05, 0) is 44.8 Å². The summed E-state index contributed by atoms with van der Waals surface area (Å²) >= 11 is 0. The zero-order valence-corrected chi connectivity index (χ0v) is 10.9. The van der Waals surface area contributed by atoms with Crippen LogP contribution in [0.3, 0.4) is 0 Å². The van der Waals surface area contributed by atoms with Gasteiger partial charge in [0.1, 0.15) is 0 Å². The minimum Gasteiger partial charge on any atom is -0.385 e. The number of rotatable bonds is 6. The van der Waals surface area contributed by atoms with Gasteiger partial charge in [-0.2, -0.15) is 0 Å². The number of nitrogens with two attached hydrogens (primary N) is 1. The smallest absolute Gasteiger partial charge is 0.0343 e. The molecule has 3 nitrogen and oxygen atoms in total. The van der Waals surface area contributed by atoms with E-state index in [1.54, 1.807) is 0 Å². The van der Waals surface area contributed by atoms with Gasteiger partial charge in [0.15, 0.2) is 0 Å². The summed E-state index contributed by atoms with van der Waals surface area (Å²) < 4.78 is 0. The summed E-state index contributed by atoms with van der Waals surface area (Å²) in [5, 5.41) is 3.39. The van der Waals surface area contributed by atoms with Crippen molar-refractivity contribution in [2.75, 3.05) is 32.5 Å². The van der Waals surface area contributed by atoms with Crippen molar-refractivity contribution < 1.29 is 0 Å². The van der Waals surface area contributed by atoms with Crippen molar-refractivity contribution in [3.05, 3.63) is 29.8 Å². The normalized spacial score (nSPS) is 10.0. The quantitative estimate of drug-likeness (QED) is 0.751. The van der Waals surface area contributed by atoms with Gasteiger partial charge in [-0.25, -0.2) is 0 Å². The van der Waals surface area contributed by atoms with Crippen LogP contribution in [0.1, 0.15) is 12.0 Å². The molecule has 0 radical (unpaired) electrons. The third-order valence-corrected chi connectivity index (χ3v) is 2.27. The Morgan fingerprint density at radius 3 is 2.69 bits per heavy atom. The number of hydrogen-bond donors (Lipinski definition) is 2. The molecule has 0 amide bonds. The molecule has 4 heteroatoms. The maximum atomic E-state index is 5.58. The van der Waals surface area contributed by atoms with Gasteiger partial charge < -0.3 is 16.0 Å². The van der Waals surface area contributed by atoms with Crippen LogP contribution in [0.15, 0.2) is 24.3 Å². The molecule has 0 aliphatic heterocycles. The van der Waals surface area contributed by atoms with Crippen LogP contribution in [-0.2, 0) is 6.54 Å². The number of anilines is 1. The maximum Gasteiger partial charge on any atom is 0.0343 e. The molecular formula is C12H22ClN3. The van der Waals surface area contributed by atoms with E-state index >= 15 is 0 Å². The van der Waals surface area contributed by atoms with Crippen molar-refractivity contribution in [2.24, 2.45) is 5.73 Å². The molecule has 0 saturated heterocycles. The van der Waals surface area contributed by atoms with Crippen LogP contribution in [0.5, 0.6) is 0 Å². The first kappa shape index (κ1) is 15.2. The Morgan fingerprint density at radius 1 is 1.31 bits per heavy atom. The fourth-order valence-electron chi connectivity index (χ4n) is 1.44. The average molecular weight is 244 g/mol. The van der Waals surface area contributed by atoms with E-state index in [-0.39, 0.29) is 12.4 Å². The van der Waals surface area contributed by atoms with Crippen molar-refractivity contribution in [1.82, 2.24) is 4.90 Å². The van der Waals surface area contributed by atoms with Crippen LogP contribution >= 0.6 is 12.4 Å². The molecule has 3 N–H and O–H groups in total. The molecule has 0 aliphatic carbocycles. The van der Waals surface area contributed by atoms with Crippen molar-refractivity contribution in [1.29, 1.82) is 0 Å². The first-order chi connectivity index (χ1) is 7.22. The van der Waals surface area contributed by atoms with Gasteiger partial charge in [0.05, 0.1) is 0 Å². The molecule has 0 saturated carbocycles. The minimum atomic E-state index is 0. The summed E-state index contributed by atoms with van der Waals surface area (Å²) in [4.78, 5) is 2.19. The SMILES string of the molecule is CN(C)CCCNc1cccc(CN)c1.Cl. The predicted molar refractivity (Wildman–Crippen MR) is 73.2 cm³/mol. The molecule has 0 fully saturated rings. The van der Waals surface area contributed by atoms with Crippen LogP contribution in [0.25, 0.3) is 0 Å². The van der Waals surface area contributed by atoms with Crippen molar-refractivity contribution >= 4 is 18.1 Å². The molecule has 0 bridgehead atoms. The van der Waals surface area contributed by atoms with Gasteiger partial charge >= 0.3 is 0 Å². The second kappa shape index (κ2) is 8.39. The van der Waals surface area contributed by atoms with Crippen molar-refractivity contribution in [3.63, 3.8) is 0 Å². The van der Waals surface area contributed by atoms with Crippen LogP contribution in [0.4, 0.5) is 5.69 Å².